The van der Waals surface area contributed by atoms with Crippen LogP contribution in [0.15, 0.2) is 22.7 Å². The van der Waals surface area contributed by atoms with E-state index in [1.165, 1.54) is 25.1 Å². The second-order valence-electron chi connectivity index (χ2n) is 3.56. The highest BCUT2D eigenvalue weighted by molar-refractivity contribution is 9.10. The summed E-state index contributed by atoms with van der Waals surface area (Å²) in [6.45, 7) is 0.609. The van der Waals surface area contributed by atoms with E-state index in [0.717, 1.165) is 0 Å². The van der Waals surface area contributed by atoms with Crippen LogP contribution in [0.5, 0.6) is 0 Å². The molecule has 0 aliphatic heterocycles. The molecular weight excluding hydrogens is 268 g/mol. The Hall–Kier alpha value is -0.520. The number of rotatable bonds is 3. The zero-order valence-electron chi connectivity index (χ0n) is 8.17. The van der Waals surface area contributed by atoms with Crippen LogP contribution >= 0.6 is 15.9 Å². The molecule has 0 radical (unpaired) electrons. The summed E-state index contributed by atoms with van der Waals surface area (Å²) in [5.41, 5.74) is 4.17. The highest BCUT2D eigenvalue weighted by Crippen LogP contribution is 2.28. The van der Waals surface area contributed by atoms with Gasteiger partial charge in [0.2, 0.25) is 0 Å². The molecule has 15 heavy (non-hydrogen) atoms. The van der Waals surface area contributed by atoms with E-state index >= 15 is 0 Å². The first kappa shape index (κ1) is 12.5. The average Bonchev–Trinajstić information content (AvgIpc) is 2.20. The van der Waals surface area contributed by atoms with Crippen LogP contribution in [-0.4, -0.2) is 17.9 Å². The van der Waals surface area contributed by atoms with Crippen molar-refractivity contribution >= 4 is 15.9 Å². The molecule has 0 bridgehead atoms. The molecule has 0 heterocycles. The summed E-state index contributed by atoms with van der Waals surface area (Å²) in [4.78, 5) is 0. The minimum absolute atomic E-state index is 0.0402. The average molecular weight is 280 g/mol. The number of hydrogen-bond acceptors (Lipinski definition) is 2. The molecule has 0 amide bonds. The first-order chi connectivity index (χ1) is 6.89. The molecule has 0 aliphatic carbocycles. The van der Waals surface area contributed by atoms with Crippen LogP contribution in [0.3, 0.4) is 0 Å². The van der Waals surface area contributed by atoms with Crippen LogP contribution in [0.2, 0.25) is 0 Å². The van der Waals surface area contributed by atoms with Gasteiger partial charge in [-0.15, -0.1) is 0 Å². The Morgan fingerprint density at radius 2 is 2.20 bits per heavy atom. The third kappa shape index (κ3) is 2.53. The predicted octanol–water partition coefficient (Wildman–Crippen LogP) is 2.09. The summed E-state index contributed by atoms with van der Waals surface area (Å²) in [7, 11) is 0. The summed E-state index contributed by atoms with van der Waals surface area (Å²) in [5.74, 6) is -0.584. The van der Waals surface area contributed by atoms with Crippen LogP contribution in [-0.2, 0) is 5.54 Å². The highest BCUT2D eigenvalue weighted by Gasteiger charge is 2.34. The molecule has 3 N–H and O–H groups in total. The smallest absolute Gasteiger partial charge is 0.145 e. The number of benzene rings is 1. The van der Waals surface area contributed by atoms with Gasteiger partial charge < -0.3 is 10.8 Å². The van der Waals surface area contributed by atoms with Crippen molar-refractivity contribution in [3.63, 3.8) is 0 Å². The second kappa shape index (κ2) is 4.55. The van der Waals surface area contributed by atoms with Gasteiger partial charge in [0, 0.05) is 10.0 Å². The van der Waals surface area contributed by atoms with Crippen molar-refractivity contribution in [3.05, 3.63) is 34.1 Å². The van der Waals surface area contributed by atoms with E-state index in [9.17, 15) is 8.78 Å². The third-order valence-corrected chi connectivity index (χ3v) is 2.81. The lowest BCUT2D eigenvalue weighted by Crippen LogP contribution is -2.45. The van der Waals surface area contributed by atoms with Gasteiger partial charge in [0.25, 0.3) is 0 Å². The largest absolute Gasteiger partial charge is 0.393 e. The van der Waals surface area contributed by atoms with Gasteiger partial charge in [-0.1, -0.05) is 15.9 Å². The van der Waals surface area contributed by atoms with Gasteiger partial charge in [0.15, 0.2) is 0 Å². The van der Waals surface area contributed by atoms with E-state index in [-0.39, 0.29) is 5.56 Å². The summed E-state index contributed by atoms with van der Waals surface area (Å²) in [5, 5.41) is 8.70. The zero-order valence-corrected chi connectivity index (χ0v) is 9.76. The molecule has 0 spiro atoms. The summed E-state index contributed by atoms with van der Waals surface area (Å²) < 4.78 is 27.4. The molecule has 1 aromatic carbocycles. The van der Waals surface area contributed by atoms with Gasteiger partial charge in [-0.3, -0.25) is 0 Å². The number of aliphatic hydroxyl groups is 1. The minimum Gasteiger partial charge on any atom is -0.393 e. The van der Waals surface area contributed by atoms with Gasteiger partial charge in [0.05, 0.1) is 12.1 Å². The first-order valence-corrected chi connectivity index (χ1v) is 5.18. The quantitative estimate of drug-likeness (QED) is 0.890. The number of nitrogens with two attached hydrogens (primary N) is 1. The third-order valence-electron chi connectivity index (χ3n) is 2.32. The molecule has 0 saturated heterocycles. The van der Waals surface area contributed by atoms with Crippen molar-refractivity contribution in [1.82, 2.24) is 0 Å². The van der Waals surface area contributed by atoms with Gasteiger partial charge in [-0.25, -0.2) is 8.78 Å². The van der Waals surface area contributed by atoms with Crippen molar-refractivity contribution < 1.29 is 13.9 Å². The molecule has 1 aromatic rings. The Bertz CT molecular complexity index is 357. The van der Waals surface area contributed by atoms with Crippen molar-refractivity contribution in [2.24, 2.45) is 5.73 Å². The number of hydrogen-bond donors (Lipinski definition) is 2. The van der Waals surface area contributed by atoms with E-state index in [4.69, 9.17) is 10.8 Å². The molecule has 0 aromatic heterocycles. The van der Waals surface area contributed by atoms with Crippen LogP contribution < -0.4 is 5.73 Å². The molecule has 84 valence electrons. The summed E-state index contributed by atoms with van der Waals surface area (Å²) in [6.07, 6.45) is -1.71. The number of halogens is 3. The first-order valence-electron chi connectivity index (χ1n) is 4.39. The molecule has 2 nitrogen and oxygen atoms in total. The molecule has 2 unspecified atom stereocenters. The number of aliphatic hydroxyl groups excluding tert-OH is 1. The van der Waals surface area contributed by atoms with E-state index in [2.05, 4.69) is 15.9 Å². The van der Waals surface area contributed by atoms with Crippen LogP contribution in [0.1, 0.15) is 12.5 Å². The maximum atomic E-state index is 13.4. The van der Waals surface area contributed by atoms with E-state index in [0.29, 0.717) is 4.47 Å². The van der Waals surface area contributed by atoms with Crippen LogP contribution in [0.25, 0.3) is 0 Å². The van der Waals surface area contributed by atoms with Crippen molar-refractivity contribution in [2.45, 2.75) is 18.6 Å². The molecule has 2 atom stereocenters. The van der Waals surface area contributed by atoms with E-state index < -0.39 is 24.1 Å². The fourth-order valence-electron chi connectivity index (χ4n) is 1.27. The van der Waals surface area contributed by atoms with Gasteiger partial charge in [-0.2, -0.15) is 0 Å². The van der Waals surface area contributed by atoms with Crippen molar-refractivity contribution in [2.75, 3.05) is 6.61 Å². The van der Waals surface area contributed by atoms with Gasteiger partial charge >= 0.3 is 0 Å². The Kier molecular flexibility index (Phi) is 3.81. The van der Waals surface area contributed by atoms with E-state index in [1.807, 2.05) is 0 Å². The van der Waals surface area contributed by atoms with E-state index in [1.54, 1.807) is 0 Å². The van der Waals surface area contributed by atoms with Crippen molar-refractivity contribution in [1.29, 1.82) is 0 Å². The molecule has 1 rings (SSSR count). The molecule has 0 aliphatic rings. The molecular formula is C10H12BrF2NO. The second-order valence-corrected chi connectivity index (χ2v) is 4.47. The lowest BCUT2D eigenvalue weighted by Gasteiger charge is -2.28. The Balaban J connectivity index is 3.19. The Labute approximate surface area is 95.2 Å². The van der Waals surface area contributed by atoms with Crippen LogP contribution in [0, 0.1) is 5.82 Å². The molecule has 5 heteroatoms. The van der Waals surface area contributed by atoms with Gasteiger partial charge in [-0.05, 0) is 25.1 Å². The van der Waals surface area contributed by atoms with Crippen molar-refractivity contribution in [3.8, 4) is 0 Å². The Morgan fingerprint density at radius 3 is 2.73 bits per heavy atom. The molecule has 0 fully saturated rings. The lowest BCUT2D eigenvalue weighted by molar-refractivity contribution is 0.111. The maximum Gasteiger partial charge on any atom is 0.145 e. The maximum absolute atomic E-state index is 13.4. The fourth-order valence-corrected chi connectivity index (χ4v) is 1.63. The number of alkyl halides is 1. The SMILES string of the molecule is CC(N)(c1cc(Br)ccc1F)C(F)CO. The minimum atomic E-state index is -1.71. The predicted molar refractivity (Wildman–Crippen MR) is 57.6 cm³/mol. The monoisotopic (exact) mass is 279 g/mol. The van der Waals surface area contributed by atoms with Gasteiger partial charge in [0.1, 0.15) is 12.0 Å². The topological polar surface area (TPSA) is 46.2 Å². The highest BCUT2D eigenvalue weighted by atomic mass is 79.9. The standard InChI is InChI=1S/C10H12BrF2NO/c1-10(14,9(13)5-15)7-4-6(11)2-3-8(7)12/h2-4,9,15H,5,14H2,1H3. The summed E-state index contributed by atoms with van der Waals surface area (Å²) in [6, 6.07) is 4.12. The van der Waals surface area contributed by atoms with Crippen LogP contribution in [0.4, 0.5) is 8.78 Å². The normalized spacial score (nSPS) is 17.2. The molecule has 0 saturated carbocycles. The lowest BCUT2D eigenvalue weighted by atomic mass is 9.88. The Morgan fingerprint density at radius 1 is 1.60 bits per heavy atom. The fraction of sp³-hybridized carbons (Fsp3) is 0.400. The zero-order chi connectivity index (χ0) is 11.6. The summed E-state index contributed by atoms with van der Waals surface area (Å²) >= 11 is 3.15.